The maximum Gasteiger partial charge on any atom is 0.270 e. The summed E-state index contributed by atoms with van der Waals surface area (Å²) >= 11 is 0. The van der Waals surface area contributed by atoms with Crippen molar-refractivity contribution in [3.8, 4) is 0 Å². The molecule has 10 heteroatoms. The molecule has 0 bridgehead atoms. The fourth-order valence-corrected chi connectivity index (χ4v) is 6.49. The Hall–Kier alpha value is -1.75. The average molecular weight is 439 g/mol. The highest BCUT2D eigenvalue weighted by Crippen LogP contribution is 2.32. The van der Waals surface area contributed by atoms with E-state index in [1.807, 2.05) is 0 Å². The molecule has 0 saturated carbocycles. The van der Waals surface area contributed by atoms with E-state index in [0.29, 0.717) is 31.2 Å². The van der Waals surface area contributed by atoms with Crippen LogP contribution in [0.2, 0.25) is 0 Å². The molecule has 0 aliphatic carbocycles. The van der Waals surface area contributed by atoms with Gasteiger partial charge in [-0.3, -0.25) is 15.0 Å². The lowest BCUT2D eigenvalue weighted by Gasteiger charge is -2.32. The van der Waals surface area contributed by atoms with Gasteiger partial charge in [0.2, 0.25) is 10.0 Å². The molecule has 0 spiro atoms. The molecule has 166 valence electrons. The Balaban J connectivity index is 1.60. The van der Waals surface area contributed by atoms with E-state index in [1.165, 1.54) is 35.3 Å². The Bertz CT molecular complexity index is 844. The van der Waals surface area contributed by atoms with E-state index in [1.54, 1.807) is 0 Å². The van der Waals surface area contributed by atoms with Gasteiger partial charge in [0.25, 0.3) is 5.69 Å². The summed E-state index contributed by atoms with van der Waals surface area (Å²) in [7, 11) is -3.78. The Labute approximate surface area is 177 Å². The molecule has 30 heavy (non-hydrogen) atoms. The molecule has 3 fully saturated rings. The molecule has 0 amide bonds. The third-order valence-corrected chi connectivity index (χ3v) is 8.42. The number of non-ortho nitro benzene ring substituents is 1. The Morgan fingerprint density at radius 1 is 1.17 bits per heavy atom. The van der Waals surface area contributed by atoms with Gasteiger partial charge in [-0.2, -0.15) is 4.31 Å². The number of sulfonamides is 1. The van der Waals surface area contributed by atoms with Gasteiger partial charge in [-0.15, -0.1) is 0 Å². The molecule has 0 aromatic heterocycles. The average Bonchev–Trinajstić information content (AvgIpc) is 3.51. The van der Waals surface area contributed by atoms with Crippen LogP contribution in [0.4, 0.5) is 11.4 Å². The Kier molecular flexibility index (Phi) is 6.57. The van der Waals surface area contributed by atoms with E-state index < -0.39 is 14.9 Å². The minimum atomic E-state index is -3.78. The van der Waals surface area contributed by atoms with Crippen LogP contribution in [0.5, 0.6) is 0 Å². The summed E-state index contributed by atoms with van der Waals surface area (Å²) in [4.78, 5) is 13.2. The highest BCUT2D eigenvalue weighted by atomic mass is 32.2. The summed E-state index contributed by atoms with van der Waals surface area (Å²) in [5.74, 6) is 0.410. The Morgan fingerprint density at radius 3 is 2.50 bits per heavy atom. The zero-order chi connectivity index (χ0) is 21.1. The number of likely N-dealkylation sites (tertiary alicyclic amines) is 1. The quantitative estimate of drug-likeness (QED) is 0.490. The smallest absolute Gasteiger partial charge is 0.270 e. The number of nitro benzene ring substituents is 1. The maximum atomic E-state index is 13.2. The second-order valence-electron chi connectivity index (χ2n) is 8.36. The third kappa shape index (κ3) is 4.46. The molecule has 2 atom stereocenters. The fraction of sp³-hybridized carbons (Fsp3) is 0.700. The number of hydrogen-bond donors (Lipinski definition) is 1. The van der Waals surface area contributed by atoms with Crippen molar-refractivity contribution in [3.63, 3.8) is 0 Å². The molecule has 0 unspecified atom stereocenters. The van der Waals surface area contributed by atoms with Crippen LogP contribution in [0.1, 0.15) is 32.1 Å². The van der Waals surface area contributed by atoms with E-state index in [0.717, 1.165) is 45.6 Å². The monoisotopic (exact) mass is 438 g/mol. The first-order chi connectivity index (χ1) is 14.5. The van der Waals surface area contributed by atoms with Crippen molar-refractivity contribution < 1.29 is 18.1 Å². The predicted octanol–water partition coefficient (Wildman–Crippen LogP) is 2.29. The van der Waals surface area contributed by atoms with Gasteiger partial charge < -0.3 is 10.1 Å². The lowest BCUT2D eigenvalue weighted by Crippen LogP contribution is -2.44. The van der Waals surface area contributed by atoms with Gasteiger partial charge in [-0.05, 0) is 51.3 Å². The first kappa shape index (κ1) is 21.5. The molecule has 3 aliphatic rings. The van der Waals surface area contributed by atoms with Gasteiger partial charge in [-0.1, -0.05) is 0 Å². The summed E-state index contributed by atoms with van der Waals surface area (Å²) in [5.41, 5.74) is 0.231. The summed E-state index contributed by atoms with van der Waals surface area (Å²) in [6.07, 6.45) is 4.99. The van der Waals surface area contributed by atoms with E-state index in [2.05, 4.69) is 10.2 Å². The molecule has 4 rings (SSSR count). The summed E-state index contributed by atoms with van der Waals surface area (Å²) in [6.45, 7) is 5.09. The Morgan fingerprint density at radius 2 is 1.87 bits per heavy atom. The standard InChI is InChI=1S/C20H30N4O5S/c25-24(26)17-5-6-18(20(13-17)30(27,28)23-10-3-4-11-23)21-14-19(16-7-12-29-15-16)22-8-1-2-9-22/h5-6,13,16,19,21H,1-4,7-12,14-15H2/t16-,19-/m0/s1. The number of anilines is 1. The van der Waals surface area contributed by atoms with Gasteiger partial charge in [0.15, 0.2) is 0 Å². The van der Waals surface area contributed by atoms with E-state index >= 15 is 0 Å². The number of nitrogens with one attached hydrogen (secondary N) is 1. The summed E-state index contributed by atoms with van der Waals surface area (Å²) in [5, 5.41) is 14.6. The van der Waals surface area contributed by atoms with Crippen molar-refractivity contribution in [1.29, 1.82) is 0 Å². The van der Waals surface area contributed by atoms with Gasteiger partial charge in [-0.25, -0.2) is 8.42 Å². The number of nitrogens with zero attached hydrogens (tertiary/aromatic N) is 3. The molecule has 1 aromatic rings. The lowest BCUT2D eigenvalue weighted by atomic mass is 9.97. The van der Waals surface area contributed by atoms with Crippen LogP contribution in [0, 0.1) is 16.0 Å². The third-order valence-electron chi connectivity index (χ3n) is 6.48. The minimum absolute atomic E-state index is 0.00134. The lowest BCUT2D eigenvalue weighted by molar-refractivity contribution is -0.385. The zero-order valence-electron chi connectivity index (χ0n) is 17.2. The van der Waals surface area contributed by atoms with Crippen LogP contribution in [-0.4, -0.2) is 74.5 Å². The molecular weight excluding hydrogens is 408 g/mol. The molecule has 1 N–H and O–H groups in total. The minimum Gasteiger partial charge on any atom is -0.382 e. The predicted molar refractivity (Wildman–Crippen MR) is 113 cm³/mol. The second-order valence-corrected chi connectivity index (χ2v) is 10.3. The second kappa shape index (κ2) is 9.17. The number of hydrogen-bond acceptors (Lipinski definition) is 7. The zero-order valence-corrected chi connectivity index (χ0v) is 18.0. The number of rotatable bonds is 8. The first-order valence-electron chi connectivity index (χ1n) is 10.8. The van der Waals surface area contributed by atoms with Crippen molar-refractivity contribution >= 4 is 21.4 Å². The molecule has 3 aliphatic heterocycles. The van der Waals surface area contributed by atoms with Crippen molar-refractivity contribution in [1.82, 2.24) is 9.21 Å². The van der Waals surface area contributed by atoms with Gasteiger partial charge >= 0.3 is 0 Å². The molecule has 0 radical (unpaired) electrons. The van der Waals surface area contributed by atoms with E-state index in [4.69, 9.17) is 4.74 Å². The van der Waals surface area contributed by atoms with Gasteiger partial charge in [0.05, 0.1) is 17.2 Å². The van der Waals surface area contributed by atoms with Gasteiger partial charge in [0.1, 0.15) is 4.90 Å². The van der Waals surface area contributed by atoms with Crippen molar-refractivity contribution in [2.75, 3.05) is 51.3 Å². The topological polar surface area (TPSA) is 105 Å². The first-order valence-corrected chi connectivity index (χ1v) is 12.2. The van der Waals surface area contributed by atoms with E-state index in [9.17, 15) is 18.5 Å². The fourth-order valence-electron chi connectivity index (χ4n) is 4.79. The van der Waals surface area contributed by atoms with Crippen molar-refractivity contribution in [2.45, 2.75) is 43.0 Å². The highest BCUT2D eigenvalue weighted by molar-refractivity contribution is 7.89. The number of nitro groups is 1. The maximum absolute atomic E-state index is 13.2. The van der Waals surface area contributed by atoms with Crippen LogP contribution >= 0.6 is 0 Å². The van der Waals surface area contributed by atoms with Crippen LogP contribution in [0.15, 0.2) is 23.1 Å². The highest BCUT2D eigenvalue weighted by Gasteiger charge is 2.34. The summed E-state index contributed by atoms with van der Waals surface area (Å²) < 4.78 is 33.5. The van der Waals surface area contributed by atoms with Crippen molar-refractivity contribution in [2.24, 2.45) is 5.92 Å². The normalized spacial score (nSPS) is 24.3. The molecular formula is C20H30N4O5S. The van der Waals surface area contributed by atoms with E-state index in [-0.39, 0.29) is 16.6 Å². The van der Waals surface area contributed by atoms with Crippen LogP contribution < -0.4 is 5.32 Å². The largest absolute Gasteiger partial charge is 0.382 e. The molecule has 1 aromatic carbocycles. The summed E-state index contributed by atoms with van der Waals surface area (Å²) in [6, 6.07) is 4.36. The molecule has 3 heterocycles. The molecule has 3 saturated heterocycles. The van der Waals surface area contributed by atoms with Crippen LogP contribution in [-0.2, 0) is 14.8 Å². The number of benzene rings is 1. The van der Waals surface area contributed by atoms with Crippen LogP contribution in [0.3, 0.4) is 0 Å². The molecule has 9 nitrogen and oxygen atoms in total. The number of ether oxygens (including phenoxy) is 1. The van der Waals surface area contributed by atoms with Crippen LogP contribution in [0.25, 0.3) is 0 Å². The van der Waals surface area contributed by atoms with Gasteiger partial charge in [0, 0.05) is 50.3 Å². The van der Waals surface area contributed by atoms with Crippen molar-refractivity contribution in [3.05, 3.63) is 28.3 Å². The SMILES string of the molecule is O=[N+]([O-])c1ccc(NC[C@@H]([C@H]2CCOC2)N2CCCC2)c(S(=O)(=O)N2CCCC2)c1.